The van der Waals surface area contributed by atoms with E-state index in [2.05, 4.69) is 11.3 Å². The Hall–Kier alpha value is -1.05. The highest BCUT2D eigenvalue weighted by atomic mass is 16.5. The van der Waals surface area contributed by atoms with E-state index in [-0.39, 0.29) is 5.97 Å². The number of hydrogen-bond acceptors (Lipinski definition) is 2. The predicted octanol–water partition coefficient (Wildman–Crippen LogP) is 2.03. The Bertz CT molecular complexity index is 157. The molecule has 0 bridgehead atoms. The molecule has 0 atom stereocenters. The molecule has 0 aliphatic heterocycles. The third-order valence-electron chi connectivity index (χ3n) is 0.987. The summed E-state index contributed by atoms with van der Waals surface area (Å²) in [4.78, 5) is 10.5. The highest BCUT2D eigenvalue weighted by molar-refractivity contribution is 5.69. The molecule has 2 heteroatoms. The summed E-state index contributed by atoms with van der Waals surface area (Å²) in [7, 11) is 0. The predicted molar refractivity (Wildman–Crippen MR) is 40.3 cm³/mol. The third kappa shape index (κ3) is 3.89. The van der Waals surface area contributed by atoms with Crippen LogP contribution in [0.3, 0.4) is 0 Å². The van der Waals surface area contributed by atoms with Crippen LogP contribution < -0.4 is 0 Å². The molecule has 0 aromatic heterocycles. The van der Waals surface area contributed by atoms with Crippen molar-refractivity contribution in [1.29, 1.82) is 0 Å². The van der Waals surface area contributed by atoms with Gasteiger partial charge in [0, 0.05) is 6.42 Å². The monoisotopic (exact) mass is 140 g/mol. The summed E-state index contributed by atoms with van der Waals surface area (Å²) in [5, 5.41) is 0. The van der Waals surface area contributed by atoms with Crippen molar-refractivity contribution in [2.75, 3.05) is 0 Å². The molecular weight excluding hydrogens is 128 g/mol. The number of rotatable bonds is 3. The molecule has 0 unspecified atom stereocenters. The van der Waals surface area contributed by atoms with Crippen molar-refractivity contribution in [3.8, 4) is 0 Å². The second-order valence-corrected chi connectivity index (χ2v) is 1.91. The highest BCUT2D eigenvalue weighted by Gasteiger charge is 1.92. The van der Waals surface area contributed by atoms with E-state index in [4.69, 9.17) is 0 Å². The number of allylic oxidation sites excluding steroid dienone is 2. The standard InChI is InChI=1S/C8H12O2/c1-4-7(3)6-10-8(9)5-2/h4,6H,1,5H2,2-3H3/b7-6-. The Morgan fingerprint density at radius 1 is 1.70 bits per heavy atom. The lowest BCUT2D eigenvalue weighted by Gasteiger charge is -1.94. The van der Waals surface area contributed by atoms with Crippen LogP contribution in [0.4, 0.5) is 0 Å². The molecule has 0 saturated carbocycles. The van der Waals surface area contributed by atoms with E-state index in [0.29, 0.717) is 6.42 Å². The van der Waals surface area contributed by atoms with E-state index in [1.165, 1.54) is 6.26 Å². The van der Waals surface area contributed by atoms with Crippen LogP contribution in [0.1, 0.15) is 20.3 Å². The number of carbonyl (C=O) groups is 1. The minimum absolute atomic E-state index is 0.221. The lowest BCUT2D eigenvalue weighted by molar-refractivity contribution is -0.137. The van der Waals surface area contributed by atoms with Crippen LogP contribution in [0, 0.1) is 0 Å². The molecule has 0 aliphatic rings. The second-order valence-electron chi connectivity index (χ2n) is 1.91. The molecule has 0 fully saturated rings. The van der Waals surface area contributed by atoms with Gasteiger partial charge in [-0.05, 0) is 12.5 Å². The lowest BCUT2D eigenvalue weighted by Crippen LogP contribution is -1.95. The molecule has 10 heavy (non-hydrogen) atoms. The van der Waals surface area contributed by atoms with Crippen molar-refractivity contribution in [1.82, 2.24) is 0 Å². The van der Waals surface area contributed by atoms with Gasteiger partial charge in [-0.25, -0.2) is 0 Å². The SMILES string of the molecule is C=C/C(C)=C\OC(=O)CC. The first kappa shape index (κ1) is 8.95. The van der Waals surface area contributed by atoms with Gasteiger partial charge in [-0.1, -0.05) is 19.6 Å². The van der Waals surface area contributed by atoms with E-state index >= 15 is 0 Å². The van der Waals surface area contributed by atoms with Crippen LogP contribution in [-0.2, 0) is 9.53 Å². The van der Waals surface area contributed by atoms with Crippen LogP contribution in [-0.4, -0.2) is 5.97 Å². The molecule has 0 spiro atoms. The molecule has 2 nitrogen and oxygen atoms in total. The van der Waals surface area contributed by atoms with Gasteiger partial charge in [0.2, 0.25) is 0 Å². The van der Waals surface area contributed by atoms with E-state index in [1.807, 2.05) is 6.92 Å². The van der Waals surface area contributed by atoms with Crippen LogP contribution in [0.2, 0.25) is 0 Å². The van der Waals surface area contributed by atoms with Gasteiger partial charge in [0.25, 0.3) is 0 Å². The van der Waals surface area contributed by atoms with Gasteiger partial charge in [0.15, 0.2) is 0 Å². The number of carbonyl (C=O) groups excluding carboxylic acids is 1. The Morgan fingerprint density at radius 2 is 2.30 bits per heavy atom. The zero-order chi connectivity index (χ0) is 7.98. The molecule has 0 aromatic carbocycles. The lowest BCUT2D eigenvalue weighted by atomic mass is 10.3. The zero-order valence-electron chi connectivity index (χ0n) is 6.39. The van der Waals surface area contributed by atoms with Gasteiger partial charge in [0.1, 0.15) is 0 Å². The van der Waals surface area contributed by atoms with Gasteiger partial charge >= 0.3 is 5.97 Å². The van der Waals surface area contributed by atoms with Gasteiger partial charge in [0.05, 0.1) is 6.26 Å². The van der Waals surface area contributed by atoms with Gasteiger partial charge in [-0.3, -0.25) is 4.79 Å². The average molecular weight is 140 g/mol. The van der Waals surface area contributed by atoms with E-state index in [1.54, 1.807) is 13.0 Å². The van der Waals surface area contributed by atoms with Crippen molar-refractivity contribution < 1.29 is 9.53 Å². The maximum absolute atomic E-state index is 10.5. The summed E-state index contributed by atoms with van der Waals surface area (Å²) in [6, 6.07) is 0. The van der Waals surface area contributed by atoms with Crippen LogP contribution >= 0.6 is 0 Å². The zero-order valence-corrected chi connectivity index (χ0v) is 6.39. The fourth-order valence-corrected chi connectivity index (χ4v) is 0.290. The first-order valence-electron chi connectivity index (χ1n) is 3.19. The highest BCUT2D eigenvalue weighted by Crippen LogP contribution is 1.94. The van der Waals surface area contributed by atoms with E-state index in [9.17, 15) is 4.79 Å². The van der Waals surface area contributed by atoms with Crippen LogP contribution in [0.15, 0.2) is 24.5 Å². The maximum atomic E-state index is 10.5. The molecule has 0 amide bonds. The van der Waals surface area contributed by atoms with Crippen molar-refractivity contribution in [2.45, 2.75) is 20.3 Å². The molecule has 0 heterocycles. The Labute approximate surface area is 61.2 Å². The Morgan fingerprint density at radius 3 is 2.70 bits per heavy atom. The quantitative estimate of drug-likeness (QED) is 0.340. The molecule has 0 rings (SSSR count). The summed E-state index contributed by atoms with van der Waals surface area (Å²) < 4.78 is 4.67. The van der Waals surface area contributed by atoms with E-state index in [0.717, 1.165) is 5.57 Å². The minimum atomic E-state index is -0.221. The number of hydrogen-bond donors (Lipinski definition) is 0. The Balaban J connectivity index is 3.71. The molecule has 0 aliphatic carbocycles. The molecule has 0 N–H and O–H groups in total. The van der Waals surface area contributed by atoms with Gasteiger partial charge in [-0.2, -0.15) is 0 Å². The first-order chi connectivity index (χ1) is 4.70. The largest absolute Gasteiger partial charge is 0.434 e. The van der Waals surface area contributed by atoms with Crippen molar-refractivity contribution in [2.24, 2.45) is 0 Å². The van der Waals surface area contributed by atoms with E-state index < -0.39 is 0 Å². The molecule has 0 aromatic rings. The van der Waals surface area contributed by atoms with Crippen molar-refractivity contribution >= 4 is 5.97 Å². The maximum Gasteiger partial charge on any atom is 0.310 e. The Kier molecular flexibility index (Phi) is 4.29. The molecular formula is C8H12O2. The summed E-state index contributed by atoms with van der Waals surface area (Å²) in [5.74, 6) is -0.221. The fourth-order valence-electron chi connectivity index (χ4n) is 0.290. The van der Waals surface area contributed by atoms with Gasteiger partial charge in [-0.15, -0.1) is 0 Å². The number of ether oxygens (including phenoxy) is 1. The van der Waals surface area contributed by atoms with Gasteiger partial charge < -0.3 is 4.74 Å². The summed E-state index contributed by atoms with van der Waals surface area (Å²) >= 11 is 0. The smallest absolute Gasteiger partial charge is 0.310 e. The fraction of sp³-hybridized carbons (Fsp3) is 0.375. The average Bonchev–Trinajstić information content (AvgIpc) is 1.99. The summed E-state index contributed by atoms with van der Waals surface area (Å²) in [6.07, 6.45) is 3.43. The van der Waals surface area contributed by atoms with Crippen LogP contribution in [0.25, 0.3) is 0 Å². The minimum Gasteiger partial charge on any atom is -0.434 e. The molecule has 0 radical (unpaired) electrons. The number of esters is 1. The van der Waals surface area contributed by atoms with Crippen molar-refractivity contribution in [3.05, 3.63) is 24.5 Å². The normalized spacial score (nSPS) is 10.8. The third-order valence-corrected chi connectivity index (χ3v) is 0.987. The summed E-state index contributed by atoms with van der Waals surface area (Å²) in [5.41, 5.74) is 0.849. The van der Waals surface area contributed by atoms with Crippen molar-refractivity contribution in [3.63, 3.8) is 0 Å². The topological polar surface area (TPSA) is 26.3 Å². The molecule has 0 saturated heterocycles. The first-order valence-corrected chi connectivity index (χ1v) is 3.19. The second kappa shape index (κ2) is 4.79. The summed E-state index contributed by atoms with van der Waals surface area (Å²) in [6.45, 7) is 7.07. The molecule has 56 valence electrons. The van der Waals surface area contributed by atoms with Crippen LogP contribution in [0.5, 0.6) is 0 Å².